The van der Waals surface area contributed by atoms with Crippen LogP contribution in [0, 0.1) is 0 Å². The van der Waals surface area contributed by atoms with E-state index in [1.165, 1.54) is 0 Å². The highest BCUT2D eigenvalue weighted by Crippen LogP contribution is 2.26. The predicted molar refractivity (Wildman–Crippen MR) is 151 cm³/mol. The summed E-state index contributed by atoms with van der Waals surface area (Å²) in [4.78, 5) is 26.0. The molecule has 196 valence electrons. The van der Waals surface area contributed by atoms with Crippen LogP contribution in [-0.2, 0) is 20.2 Å². The third-order valence-corrected chi connectivity index (χ3v) is 7.24. The number of hydrogen-bond acceptors (Lipinski definition) is 4. The zero-order valence-electron chi connectivity index (χ0n) is 21.6. The largest absolute Gasteiger partial charge is 0.324 e. The number of amides is 2. The van der Waals surface area contributed by atoms with E-state index in [0.717, 1.165) is 16.1 Å². The maximum atomic E-state index is 13.2. The standard InChI is InChI=1S/C28H32ClN3O4S/c1-6-25(32(37(5,35)36)24-16-14-21(29)15-17-24)27(34)31-23-9-7-8-22(18-23)30-26(33)19-10-12-20(13-11-19)28(2,3)4/h7-18,25H,6H2,1-5H3,(H,30,33)(H,31,34)/t25-/m0/s1. The van der Waals surface area contributed by atoms with Crippen LogP contribution in [0.5, 0.6) is 0 Å². The fourth-order valence-corrected chi connectivity index (χ4v) is 5.21. The SMILES string of the molecule is CC[C@@H](C(=O)Nc1cccc(NC(=O)c2ccc(C(C)(C)C)cc2)c1)N(c1ccc(Cl)cc1)S(C)(=O)=O. The Kier molecular flexibility index (Phi) is 8.66. The van der Waals surface area contributed by atoms with Crippen molar-refractivity contribution in [2.75, 3.05) is 21.2 Å². The van der Waals surface area contributed by atoms with Gasteiger partial charge in [0.15, 0.2) is 0 Å². The molecule has 3 aromatic rings. The summed E-state index contributed by atoms with van der Waals surface area (Å²) < 4.78 is 26.3. The number of carbonyl (C=O) groups excluding carboxylic acids is 2. The average molecular weight is 542 g/mol. The zero-order chi connectivity index (χ0) is 27.4. The van der Waals surface area contributed by atoms with Gasteiger partial charge >= 0.3 is 0 Å². The van der Waals surface area contributed by atoms with E-state index in [2.05, 4.69) is 31.4 Å². The van der Waals surface area contributed by atoms with Gasteiger partial charge in [0.05, 0.1) is 11.9 Å². The molecule has 0 aliphatic rings. The molecular weight excluding hydrogens is 510 g/mol. The van der Waals surface area contributed by atoms with Crippen LogP contribution in [0.1, 0.15) is 50.0 Å². The van der Waals surface area contributed by atoms with Crippen LogP contribution in [0.4, 0.5) is 17.1 Å². The van der Waals surface area contributed by atoms with Crippen molar-refractivity contribution >= 4 is 50.5 Å². The zero-order valence-corrected chi connectivity index (χ0v) is 23.2. The molecule has 0 bridgehead atoms. The number of halogens is 1. The molecule has 0 unspecified atom stereocenters. The van der Waals surface area contributed by atoms with Gasteiger partial charge in [0, 0.05) is 22.0 Å². The van der Waals surface area contributed by atoms with E-state index in [0.29, 0.717) is 27.6 Å². The molecule has 0 saturated carbocycles. The Bertz CT molecular complexity index is 1370. The van der Waals surface area contributed by atoms with Crippen molar-refractivity contribution in [2.45, 2.75) is 45.6 Å². The Morgan fingerprint density at radius 1 is 0.919 bits per heavy atom. The van der Waals surface area contributed by atoms with Crippen LogP contribution in [-0.4, -0.2) is 32.5 Å². The minimum absolute atomic E-state index is 0.0157. The molecule has 0 fully saturated rings. The maximum Gasteiger partial charge on any atom is 0.255 e. The first-order chi connectivity index (χ1) is 17.3. The minimum Gasteiger partial charge on any atom is -0.324 e. The summed E-state index contributed by atoms with van der Waals surface area (Å²) in [5.74, 6) is -0.773. The van der Waals surface area contributed by atoms with Gasteiger partial charge in [-0.25, -0.2) is 8.42 Å². The average Bonchev–Trinajstić information content (AvgIpc) is 2.82. The van der Waals surface area contributed by atoms with Crippen LogP contribution in [0.25, 0.3) is 0 Å². The van der Waals surface area contributed by atoms with Gasteiger partial charge in [0.2, 0.25) is 15.9 Å². The molecule has 3 rings (SSSR count). The lowest BCUT2D eigenvalue weighted by Crippen LogP contribution is -2.47. The van der Waals surface area contributed by atoms with E-state index in [9.17, 15) is 18.0 Å². The van der Waals surface area contributed by atoms with E-state index in [4.69, 9.17) is 11.6 Å². The molecule has 1 atom stereocenters. The Morgan fingerprint density at radius 2 is 1.49 bits per heavy atom. The highest BCUT2D eigenvalue weighted by Gasteiger charge is 2.31. The topological polar surface area (TPSA) is 95.6 Å². The van der Waals surface area contributed by atoms with E-state index in [-0.39, 0.29) is 17.7 Å². The second kappa shape index (κ2) is 11.4. The number of carbonyl (C=O) groups is 2. The van der Waals surface area contributed by atoms with Gasteiger partial charge in [-0.1, -0.05) is 57.5 Å². The summed E-state index contributed by atoms with van der Waals surface area (Å²) in [6.45, 7) is 8.06. The van der Waals surface area contributed by atoms with Crippen LogP contribution < -0.4 is 14.9 Å². The number of sulfonamides is 1. The van der Waals surface area contributed by atoms with Crippen LogP contribution in [0.3, 0.4) is 0 Å². The van der Waals surface area contributed by atoms with Crippen LogP contribution >= 0.6 is 11.6 Å². The van der Waals surface area contributed by atoms with Gasteiger partial charge in [0.1, 0.15) is 6.04 Å². The molecule has 0 spiro atoms. The van der Waals surface area contributed by atoms with Gasteiger partial charge in [-0.3, -0.25) is 13.9 Å². The second-order valence-electron chi connectivity index (χ2n) is 9.81. The first kappa shape index (κ1) is 28.2. The molecule has 0 radical (unpaired) electrons. The Hall–Kier alpha value is -3.36. The van der Waals surface area contributed by atoms with Crippen molar-refractivity contribution in [3.63, 3.8) is 0 Å². The van der Waals surface area contributed by atoms with Crippen molar-refractivity contribution < 1.29 is 18.0 Å². The molecule has 0 heterocycles. The first-order valence-electron chi connectivity index (χ1n) is 11.9. The monoisotopic (exact) mass is 541 g/mol. The van der Waals surface area contributed by atoms with Crippen molar-refractivity contribution in [2.24, 2.45) is 0 Å². The molecule has 0 aliphatic heterocycles. The molecule has 0 aromatic heterocycles. The quantitative estimate of drug-likeness (QED) is 0.361. The number of anilines is 3. The summed E-state index contributed by atoms with van der Waals surface area (Å²) in [5.41, 5.74) is 2.88. The van der Waals surface area contributed by atoms with Crippen molar-refractivity contribution in [3.8, 4) is 0 Å². The minimum atomic E-state index is -3.77. The second-order valence-corrected chi connectivity index (χ2v) is 12.1. The van der Waals surface area contributed by atoms with Crippen molar-refractivity contribution in [1.29, 1.82) is 0 Å². The lowest BCUT2D eigenvalue weighted by Gasteiger charge is -2.30. The van der Waals surface area contributed by atoms with Crippen molar-refractivity contribution in [3.05, 3.63) is 88.9 Å². The van der Waals surface area contributed by atoms with E-state index in [1.54, 1.807) is 67.6 Å². The number of nitrogens with one attached hydrogen (secondary N) is 2. The predicted octanol–water partition coefficient (Wildman–Crippen LogP) is 6.07. The fraction of sp³-hybridized carbons (Fsp3) is 0.286. The van der Waals surface area contributed by atoms with Crippen LogP contribution in [0.2, 0.25) is 5.02 Å². The van der Waals surface area contributed by atoms with Crippen molar-refractivity contribution in [1.82, 2.24) is 0 Å². The fourth-order valence-electron chi connectivity index (χ4n) is 3.87. The van der Waals surface area contributed by atoms with E-state index >= 15 is 0 Å². The highest BCUT2D eigenvalue weighted by atomic mass is 35.5. The molecule has 3 aromatic carbocycles. The van der Waals surface area contributed by atoms with Gasteiger partial charge in [0.25, 0.3) is 5.91 Å². The molecule has 0 saturated heterocycles. The normalized spacial score (nSPS) is 12.5. The summed E-state index contributed by atoms with van der Waals surface area (Å²) >= 11 is 5.95. The number of rotatable bonds is 8. The van der Waals surface area contributed by atoms with E-state index in [1.807, 2.05) is 12.1 Å². The van der Waals surface area contributed by atoms with Gasteiger partial charge < -0.3 is 10.6 Å². The van der Waals surface area contributed by atoms with Crippen LogP contribution in [0.15, 0.2) is 72.8 Å². The number of nitrogens with zero attached hydrogens (tertiary/aromatic N) is 1. The van der Waals surface area contributed by atoms with E-state index < -0.39 is 22.0 Å². The Morgan fingerprint density at radius 3 is 2.00 bits per heavy atom. The highest BCUT2D eigenvalue weighted by molar-refractivity contribution is 7.92. The molecule has 2 amide bonds. The first-order valence-corrected chi connectivity index (χ1v) is 14.1. The summed E-state index contributed by atoms with van der Waals surface area (Å²) in [6, 6.07) is 19.4. The molecule has 9 heteroatoms. The Labute approximate surface area is 223 Å². The smallest absolute Gasteiger partial charge is 0.255 e. The lowest BCUT2D eigenvalue weighted by atomic mass is 9.87. The summed E-state index contributed by atoms with van der Waals surface area (Å²) in [5, 5.41) is 6.08. The number of benzene rings is 3. The molecular formula is C28H32ClN3O4S. The van der Waals surface area contributed by atoms with Gasteiger partial charge in [-0.2, -0.15) is 0 Å². The lowest BCUT2D eigenvalue weighted by molar-refractivity contribution is -0.117. The summed E-state index contributed by atoms with van der Waals surface area (Å²) in [7, 11) is -3.77. The maximum absolute atomic E-state index is 13.2. The third kappa shape index (κ3) is 7.33. The molecule has 37 heavy (non-hydrogen) atoms. The Balaban J connectivity index is 1.77. The van der Waals surface area contributed by atoms with Gasteiger partial charge in [-0.15, -0.1) is 0 Å². The molecule has 7 nitrogen and oxygen atoms in total. The third-order valence-electron chi connectivity index (χ3n) is 5.81. The molecule has 2 N–H and O–H groups in total. The summed E-state index contributed by atoms with van der Waals surface area (Å²) in [6.07, 6.45) is 1.30. The molecule has 0 aliphatic carbocycles. The van der Waals surface area contributed by atoms with Gasteiger partial charge in [-0.05, 0) is 72.0 Å². The number of hydrogen-bond donors (Lipinski definition) is 2.